The zero-order valence-electron chi connectivity index (χ0n) is 15.5. The molecule has 8 heteroatoms. The molecular weight excluding hydrogens is 354 g/mol. The standard InChI is InChI=1S/C20H21N7O/c1-2-20(26-24-17(1)15-3-6-21-7-4-15)27-11-14(12-27)10-22-19-9-16-13-28-8-5-18(16)23-25-19/h1-4,6-7,9,14H,5,8,10-13H2,(H,22,25). The second kappa shape index (κ2) is 7.47. The Balaban J connectivity index is 1.14. The Hall–Kier alpha value is -3.13. The number of nitrogens with zero attached hydrogens (tertiary/aromatic N) is 6. The zero-order chi connectivity index (χ0) is 18.8. The van der Waals surface area contributed by atoms with Gasteiger partial charge in [-0.05, 0) is 30.3 Å². The quantitative estimate of drug-likeness (QED) is 0.724. The summed E-state index contributed by atoms with van der Waals surface area (Å²) >= 11 is 0. The van der Waals surface area contributed by atoms with E-state index in [1.165, 1.54) is 0 Å². The van der Waals surface area contributed by atoms with E-state index in [1.807, 2.05) is 24.3 Å². The SMILES string of the molecule is c1cc(-c2ccc(N3CC(CNc4cc5c(nn4)CCOC5)C3)nn2)ccn1. The average Bonchev–Trinajstić information content (AvgIpc) is 2.73. The number of aromatic nitrogens is 5. The van der Waals surface area contributed by atoms with Gasteiger partial charge in [0.15, 0.2) is 5.82 Å². The summed E-state index contributed by atoms with van der Waals surface area (Å²) in [5, 5.41) is 20.7. The maximum atomic E-state index is 5.49. The van der Waals surface area contributed by atoms with Gasteiger partial charge in [0.05, 0.1) is 24.6 Å². The van der Waals surface area contributed by atoms with Crippen LogP contribution < -0.4 is 10.2 Å². The summed E-state index contributed by atoms with van der Waals surface area (Å²) in [6.07, 6.45) is 4.37. The molecule has 0 saturated carbocycles. The predicted molar refractivity (Wildman–Crippen MR) is 105 cm³/mol. The second-order valence-corrected chi connectivity index (χ2v) is 7.17. The van der Waals surface area contributed by atoms with Crippen molar-refractivity contribution in [3.63, 3.8) is 0 Å². The van der Waals surface area contributed by atoms with Crippen LogP contribution in [0.2, 0.25) is 0 Å². The van der Waals surface area contributed by atoms with Gasteiger partial charge in [-0.3, -0.25) is 4.98 Å². The third kappa shape index (κ3) is 3.50. The molecule has 3 aromatic rings. The summed E-state index contributed by atoms with van der Waals surface area (Å²) in [6.45, 7) is 4.15. The third-order valence-corrected chi connectivity index (χ3v) is 5.18. The van der Waals surface area contributed by atoms with Crippen molar-refractivity contribution in [3.05, 3.63) is 54.0 Å². The van der Waals surface area contributed by atoms with Crippen LogP contribution in [0.25, 0.3) is 11.3 Å². The van der Waals surface area contributed by atoms with Crippen LogP contribution in [0.4, 0.5) is 11.6 Å². The van der Waals surface area contributed by atoms with Gasteiger partial charge in [-0.1, -0.05) is 0 Å². The fourth-order valence-corrected chi connectivity index (χ4v) is 3.53. The molecule has 0 unspecified atom stereocenters. The van der Waals surface area contributed by atoms with Gasteiger partial charge in [-0.25, -0.2) is 0 Å². The smallest absolute Gasteiger partial charge is 0.151 e. The zero-order valence-corrected chi connectivity index (χ0v) is 15.5. The first-order valence-electron chi connectivity index (χ1n) is 9.51. The molecule has 3 aromatic heterocycles. The number of hydrogen-bond acceptors (Lipinski definition) is 8. The lowest BCUT2D eigenvalue weighted by Crippen LogP contribution is -2.50. The molecule has 142 valence electrons. The van der Waals surface area contributed by atoms with Crippen molar-refractivity contribution < 1.29 is 4.74 Å². The van der Waals surface area contributed by atoms with Crippen LogP contribution in [0, 0.1) is 5.92 Å². The maximum Gasteiger partial charge on any atom is 0.151 e. The minimum atomic E-state index is 0.552. The fourth-order valence-electron chi connectivity index (χ4n) is 3.53. The van der Waals surface area contributed by atoms with Crippen LogP contribution >= 0.6 is 0 Å². The highest BCUT2D eigenvalue weighted by Crippen LogP contribution is 2.24. The molecule has 1 saturated heterocycles. The molecule has 2 aliphatic rings. The van der Waals surface area contributed by atoms with Crippen molar-refractivity contribution in [3.8, 4) is 11.3 Å². The van der Waals surface area contributed by atoms with Crippen LogP contribution in [-0.4, -0.2) is 51.6 Å². The highest BCUT2D eigenvalue weighted by Gasteiger charge is 2.28. The maximum absolute atomic E-state index is 5.49. The lowest BCUT2D eigenvalue weighted by atomic mass is 10.00. The van der Waals surface area contributed by atoms with Gasteiger partial charge in [-0.2, -0.15) is 5.10 Å². The summed E-state index contributed by atoms with van der Waals surface area (Å²) in [7, 11) is 0. The summed E-state index contributed by atoms with van der Waals surface area (Å²) in [5.74, 6) is 2.29. The third-order valence-electron chi connectivity index (χ3n) is 5.18. The number of anilines is 2. The summed E-state index contributed by atoms with van der Waals surface area (Å²) in [4.78, 5) is 6.27. The Morgan fingerprint density at radius 3 is 2.75 bits per heavy atom. The van der Waals surface area contributed by atoms with Crippen LogP contribution in [0.1, 0.15) is 11.3 Å². The van der Waals surface area contributed by atoms with Crippen LogP contribution in [0.15, 0.2) is 42.7 Å². The summed E-state index contributed by atoms with van der Waals surface area (Å²) < 4.78 is 5.49. The Morgan fingerprint density at radius 1 is 1.04 bits per heavy atom. The Kier molecular flexibility index (Phi) is 4.54. The summed E-state index contributed by atoms with van der Waals surface area (Å²) in [6, 6.07) is 9.96. The van der Waals surface area contributed by atoms with E-state index in [9.17, 15) is 0 Å². The van der Waals surface area contributed by atoms with Crippen molar-refractivity contribution >= 4 is 11.6 Å². The van der Waals surface area contributed by atoms with E-state index in [0.29, 0.717) is 12.5 Å². The first-order valence-corrected chi connectivity index (χ1v) is 9.51. The molecule has 0 aromatic carbocycles. The molecule has 8 nitrogen and oxygen atoms in total. The number of rotatable bonds is 5. The lowest BCUT2D eigenvalue weighted by molar-refractivity contribution is 0.109. The van der Waals surface area contributed by atoms with E-state index in [-0.39, 0.29) is 0 Å². The lowest BCUT2D eigenvalue weighted by Gasteiger charge is -2.40. The van der Waals surface area contributed by atoms with Gasteiger partial charge in [0, 0.05) is 55.5 Å². The molecule has 0 amide bonds. The van der Waals surface area contributed by atoms with Gasteiger partial charge in [0.2, 0.25) is 0 Å². The highest BCUT2D eigenvalue weighted by molar-refractivity contribution is 5.59. The number of ether oxygens (including phenoxy) is 1. The van der Waals surface area contributed by atoms with Gasteiger partial charge < -0.3 is 15.0 Å². The molecule has 2 aliphatic heterocycles. The minimum absolute atomic E-state index is 0.552. The van der Waals surface area contributed by atoms with E-state index >= 15 is 0 Å². The van der Waals surface area contributed by atoms with E-state index in [4.69, 9.17) is 4.74 Å². The van der Waals surface area contributed by atoms with Crippen LogP contribution in [0.3, 0.4) is 0 Å². The van der Waals surface area contributed by atoms with Gasteiger partial charge in [0.25, 0.3) is 0 Å². The average molecular weight is 375 g/mol. The number of pyridine rings is 1. The minimum Gasteiger partial charge on any atom is -0.376 e. The first-order chi connectivity index (χ1) is 13.8. The van der Waals surface area contributed by atoms with Crippen LogP contribution in [0.5, 0.6) is 0 Å². The number of hydrogen-bond donors (Lipinski definition) is 1. The van der Waals surface area contributed by atoms with Crippen molar-refractivity contribution in [2.75, 3.05) is 36.5 Å². The number of nitrogens with one attached hydrogen (secondary N) is 1. The molecule has 1 fully saturated rings. The van der Waals surface area contributed by atoms with E-state index in [2.05, 4.69) is 41.7 Å². The molecule has 0 radical (unpaired) electrons. The Morgan fingerprint density at radius 2 is 1.93 bits per heavy atom. The topological polar surface area (TPSA) is 89.0 Å². The normalized spacial score (nSPS) is 16.4. The van der Waals surface area contributed by atoms with Crippen molar-refractivity contribution in [1.29, 1.82) is 0 Å². The van der Waals surface area contributed by atoms with E-state index in [1.54, 1.807) is 12.4 Å². The highest BCUT2D eigenvalue weighted by atomic mass is 16.5. The monoisotopic (exact) mass is 375 g/mol. The molecule has 0 bridgehead atoms. The molecule has 0 spiro atoms. The van der Waals surface area contributed by atoms with E-state index in [0.717, 1.165) is 66.8 Å². The molecule has 5 rings (SSSR count). The fraction of sp³-hybridized carbons (Fsp3) is 0.350. The second-order valence-electron chi connectivity index (χ2n) is 7.17. The molecular formula is C20H21N7O. The summed E-state index contributed by atoms with van der Waals surface area (Å²) in [5.41, 5.74) is 4.08. The van der Waals surface area contributed by atoms with Crippen molar-refractivity contribution in [1.82, 2.24) is 25.4 Å². The van der Waals surface area contributed by atoms with Crippen LogP contribution in [-0.2, 0) is 17.8 Å². The molecule has 0 aliphatic carbocycles. The van der Waals surface area contributed by atoms with E-state index < -0.39 is 0 Å². The number of fused-ring (bicyclic) bond motifs is 1. The Labute approximate surface area is 163 Å². The van der Waals surface area contributed by atoms with Gasteiger partial charge in [0.1, 0.15) is 5.82 Å². The van der Waals surface area contributed by atoms with Gasteiger partial charge in [-0.15, -0.1) is 15.3 Å². The predicted octanol–water partition coefficient (Wildman–Crippen LogP) is 1.95. The van der Waals surface area contributed by atoms with Crippen molar-refractivity contribution in [2.24, 2.45) is 5.92 Å². The largest absolute Gasteiger partial charge is 0.376 e. The van der Waals surface area contributed by atoms with Gasteiger partial charge >= 0.3 is 0 Å². The Bertz CT molecular complexity index is 943. The molecule has 1 N–H and O–H groups in total. The molecule has 28 heavy (non-hydrogen) atoms. The first kappa shape index (κ1) is 17.0. The van der Waals surface area contributed by atoms with Crippen molar-refractivity contribution in [2.45, 2.75) is 13.0 Å². The molecule has 0 atom stereocenters. The molecule has 5 heterocycles.